The number of anilines is 1. The van der Waals surface area contributed by atoms with Crippen LogP contribution in [-0.4, -0.2) is 15.0 Å². The molecule has 7 heteroatoms. The summed E-state index contributed by atoms with van der Waals surface area (Å²) >= 11 is 0. The maximum absolute atomic E-state index is 13.2. The molecule has 0 unspecified atom stereocenters. The maximum atomic E-state index is 13.2. The van der Waals surface area contributed by atoms with E-state index in [0.717, 1.165) is 12.8 Å². The highest BCUT2D eigenvalue weighted by Crippen LogP contribution is 2.35. The summed E-state index contributed by atoms with van der Waals surface area (Å²) in [5.41, 5.74) is 5.83. The fourth-order valence-electron chi connectivity index (χ4n) is 2.50. The molecule has 0 bridgehead atoms. The number of nitrogen functional groups attached to an aromatic ring is 1. The average Bonchev–Trinajstić information content (AvgIpc) is 2.46. The lowest BCUT2D eigenvalue weighted by atomic mass is 9.94. The Morgan fingerprint density at radius 3 is 2.48 bits per heavy atom. The monoisotopic (exact) mass is 294 g/mol. The van der Waals surface area contributed by atoms with Crippen molar-refractivity contribution in [2.75, 3.05) is 5.73 Å². The van der Waals surface area contributed by atoms with Crippen molar-refractivity contribution in [2.45, 2.75) is 31.9 Å². The topological polar surface area (TPSA) is 64.7 Å². The van der Waals surface area contributed by atoms with Gasteiger partial charge in [-0.25, -0.2) is 15.0 Å². The first kappa shape index (κ1) is 13.8. The highest BCUT2D eigenvalue weighted by atomic mass is 19.4. The van der Waals surface area contributed by atoms with Crippen molar-refractivity contribution in [3.63, 3.8) is 0 Å². The van der Waals surface area contributed by atoms with Crippen LogP contribution in [0.25, 0.3) is 11.4 Å². The van der Waals surface area contributed by atoms with E-state index in [2.05, 4.69) is 15.0 Å². The molecule has 0 saturated carbocycles. The number of alkyl halides is 3. The van der Waals surface area contributed by atoms with Gasteiger partial charge >= 0.3 is 6.18 Å². The van der Waals surface area contributed by atoms with Gasteiger partial charge in [-0.15, -0.1) is 0 Å². The second-order valence-electron chi connectivity index (χ2n) is 5.00. The van der Waals surface area contributed by atoms with Crippen molar-refractivity contribution in [2.24, 2.45) is 0 Å². The van der Waals surface area contributed by atoms with Crippen LogP contribution >= 0.6 is 0 Å². The first-order valence-corrected chi connectivity index (χ1v) is 6.64. The van der Waals surface area contributed by atoms with Crippen LogP contribution in [0.3, 0.4) is 0 Å². The summed E-state index contributed by atoms with van der Waals surface area (Å²) in [5.74, 6) is 0.350. The third-order valence-corrected chi connectivity index (χ3v) is 3.50. The van der Waals surface area contributed by atoms with E-state index in [-0.39, 0.29) is 11.4 Å². The number of hydrogen-bond acceptors (Lipinski definition) is 4. The lowest BCUT2D eigenvalue weighted by Gasteiger charge is -2.20. The van der Waals surface area contributed by atoms with Gasteiger partial charge in [0.15, 0.2) is 11.5 Å². The number of rotatable bonds is 1. The van der Waals surface area contributed by atoms with Gasteiger partial charge in [0.1, 0.15) is 5.82 Å². The summed E-state index contributed by atoms with van der Waals surface area (Å²) in [6.45, 7) is 0. The number of aromatic nitrogens is 3. The van der Waals surface area contributed by atoms with Gasteiger partial charge < -0.3 is 5.73 Å². The minimum absolute atomic E-state index is 0.0514. The number of fused-ring (bicyclic) bond motifs is 1. The molecular weight excluding hydrogens is 281 g/mol. The fraction of sp³-hybridized carbons (Fsp3) is 0.357. The molecule has 4 nitrogen and oxygen atoms in total. The van der Waals surface area contributed by atoms with E-state index in [1.165, 1.54) is 12.3 Å². The van der Waals surface area contributed by atoms with E-state index in [0.29, 0.717) is 29.9 Å². The van der Waals surface area contributed by atoms with Gasteiger partial charge in [-0.1, -0.05) is 0 Å². The van der Waals surface area contributed by atoms with Gasteiger partial charge in [-0.3, -0.25) is 0 Å². The van der Waals surface area contributed by atoms with E-state index >= 15 is 0 Å². The Balaban J connectivity index is 2.16. The standard InChI is InChI=1S/C14H13F3N4/c15-14(16,17)12-9-3-1-2-4-10(9)20-13(21-12)8-5-6-11(18)19-7-8/h5-7H,1-4H2,(H2,18,19). The second kappa shape index (κ2) is 4.98. The first-order valence-electron chi connectivity index (χ1n) is 6.64. The number of pyridine rings is 1. The normalized spacial score (nSPS) is 14.8. The smallest absolute Gasteiger partial charge is 0.384 e. The number of nitrogens with two attached hydrogens (primary N) is 1. The van der Waals surface area contributed by atoms with Gasteiger partial charge in [0.05, 0.1) is 0 Å². The molecule has 0 aliphatic heterocycles. The zero-order valence-corrected chi connectivity index (χ0v) is 11.1. The molecule has 2 aromatic rings. The molecular formula is C14H13F3N4. The Bertz CT molecular complexity index is 665. The van der Waals surface area contributed by atoms with E-state index < -0.39 is 11.9 Å². The number of nitrogens with zero attached hydrogens (tertiary/aromatic N) is 3. The van der Waals surface area contributed by atoms with Gasteiger partial charge in [0, 0.05) is 23.0 Å². The fourth-order valence-corrected chi connectivity index (χ4v) is 2.50. The van der Waals surface area contributed by atoms with Crippen LogP contribution in [0.2, 0.25) is 0 Å². The molecule has 3 rings (SSSR count). The molecule has 0 amide bonds. The summed E-state index contributed by atoms with van der Waals surface area (Å²) in [6.07, 6.45) is -0.565. The van der Waals surface area contributed by atoms with Crippen LogP contribution in [0.5, 0.6) is 0 Å². The minimum Gasteiger partial charge on any atom is -0.384 e. The van der Waals surface area contributed by atoms with Crippen molar-refractivity contribution in [1.82, 2.24) is 15.0 Å². The molecule has 2 heterocycles. The zero-order chi connectivity index (χ0) is 15.0. The highest BCUT2D eigenvalue weighted by molar-refractivity contribution is 5.56. The zero-order valence-electron chi connectivity index (χ0n) is 11.1. The summed E-state index contributed by atoms with van der Waals surface area (Å²) in [7, 11) is 0. The van der Waals surface area contributed by atoms with E-state index in [1.807, 2.05) is 0 Å². The SMILES string of the molecule is Nc1ccc(-c2nc3c(c(C(F)(F)F)n2)CCCC3)cn1. The van der Waals surface area contributed by atoms with Crippen molar-refractivity contribution in [1.29, 1.82) is 0 Å². The molecule has 2 N–H and O–H groups in total. The van der Waals surface area contributed by atoms with Crippen molar-refractivity contribution in [3.8, 4) is 11.4 Å². The van der Waals surface area contributed by atoms with Gasteiger partial charge in [-0.05, 0) is 37.8 Å². The molecule has 2 aromatic heterocycles. The number of hydrogen-bond donors (Lipinski definition) is 1. The average molecular weight is 294 g/mol. The molecule has 0 saturated heterocycles. The van der Waals surface area contributed by atoms with Crippen LogP contribution in [0.15, 0.2) is 18.3 Å². The Morgan fingerprint density at radius 1 is 1.05 bits per heavy atom. The third-order valence-electron chi connectivity index (χ3n) is 3.50. The van der Waals surface area contributed by atoms with Crippen LogP contribution in [0, 0.1) is 0 Å². The van der Waals surface area contributed by atoms with Gasteiger partial charge in [0.2, 0.25) is 0 Å². The Kier molecular flexibility index (Phi) is 3.27. The molecule has 21 heavy (non-hydrogen) atoms. The molecule has 1 aliphatic carbocycles. The van der Waals surface area contributed by atoms with Crippen molar-refractivity contribution in [3.05, 3.63) is 35.3 Å². The van der Waals surface area contributed by atoms with Crippen LogP contribution in [0.4, 0.5) is 19.0 Å². The highest BCUT2D eigenvalue weighted by Gasteiger charge is 2.38. The Morgan fingerprint density at radius 2 is 1.81 bits per heavy atom. The van der Waals surface area contributed by atoms with Crippen molar-refractivity contribution >= 4 is 5.82 Å². The summed E-state index contributed by atoms with van der Waals surface area (Å²) in [6, 6.07) is 3.10. The van der Waals surface area contributed by atoms with E-state index in [4.69, 9.17) is 5.73 Å². The van der Waals surface area contributed by atoms with Crippen LogP contribution in [-0.2, 0) is 19.0 Å². The van der Waals surface area contributed by atoms with E-state index in [1.54, 1.807) is 6.07 Å². The summed E-state index contributed by atoms with van der Waals surface area (Å²) < 4.78 is 39.6. The predicted molar refractivity (Wildman–Crippen MR) is 71.3 cm³/mol. The van der Waals surface area contributed by atoms with E-state index in [9.17, 15) is 13.2 Å². The van der Waals surface area contributed by atoms with Crippen LogP contribution < -0.4 is 5.73 Å². The molecule has 0 aromatic carbocycles. The van der Waals surface area contributed by atoms with Crippen molar-refractivity contribution < 1.29 is 13.2 Å². The molecule has 0 fully saturated rings. The number of aryl methyl sites for hydroxylation is 1. The van der Waals surface area contributed by atoms with Crippen LogP contribution in [0.1, 0.15) is 29.8 Å². The predicted octanol–water partition coefficient (Wildman–Crippen LogP) is 3.02. The molecule has 0 atom stereocenters. The first-order chi connectivity index (χ1) is 9.95. The lowest BCUT2D eigenvalue weighted by molar-refractivity contribution is -0.142. The molecule has 0 radical (unpaired) electrons. The lowest BCUT2D eigenvalue weighted by Crippen LogP contribution is -2.19. The summed E-state index contributed by atoms with van der Waals surface area (Å²) in [5, 5.41) is 0. The largest absolute Gasteiger partial charge is 0.433 e. The Hall–Kier alpha value is -2.18. The molecule has 1 aliphatic rings. The van der Waals surface area contributed by atoms with Gasteiger partial charge in [-0.2, -0.15) is 13.2 Å². The molecule has 0 spiro atoms. The second-order valence-corrected chi connectivity index (χ2v) is 5.00. The Labute approximate surface area is 119 Å². The summed E-state index contributed by atoms with van der Waals surface area (Å²) in [4.78, 5) is 11.9. The third kappa shape index (κ3) is 2.68. The maximum Gasteiger partial charge on any atom is 0.433 e. The molecule has 110 valence electrons. The minimum atomic E-state index is -4.47. The van der Waals surface area contributed by atoms with Gasteiger partial charge in [0.25, 0.3) is 0 Å². The number of halogens is 3. The quantitative estimate of drug-likeness (QED) is 0.878.